The van der Waals surface area contributed by atoms with Gasteiger partial charge in [0.15, 0.2) is 0 Å². The van der Waals surface area contributed by atoms with Gasteiger partial charge < -0.3 is 15.4 Å². The van der Waals surface area contributed by atoms with E-state index in [0.717, 1.165) is 25.3 Å². The summed E-state index contributed by atoms with van der Waals surface area (Å²) in [5.41, 5.74) is 9.96. The number of fused-ring (bicyclic) bond motifs is 1. The lowest BCUT2D eigenvalue weighted by molar-refractivity contribution is 0.331. The zero-order chi connectivity index (χ0) is 14.7. The molecule has 3 rings (SSSR count). The number of ether oxygens (including phenoxy) is 1. The van der Waals surface area contributed by atoms with E-state index in [4.69, 9.17) is 10.5 Å². The molecule has 0 amide bonds. The summed E-state index contributed by atoms with van der Waals surface area (Å²) >= 11 is 0. The number of para-hydroxylation sites is 2. The summed E-state index contributed by atoms with van der Waals surface area (Å²) in [4.78, 5) is 2.37. The number of benzene rings is 2. The van der Waals surface area contributed by atoms with E-state index in [1.165, 1.54) is 16.8 Å². The molecule has 3 heteroatoms. The highest BCUT2D eigenvalue weighted by Crippen LogP contribution is 2.31. The summed E-state index contributed by atoms with van der Waals surface area (Å²) in [6.45, 7) is 4.57. The monoisotopic (exact) mass is 282 g/mol. The molecular formula is C18H22N2O. The van der Waals surface area contributed by atoms with Gasteiger partial charge in [-0.15, -0.1) is 0 Å². The molecule has 0 saturated heterocycles. The SMILES string of the molecule is CC[C@H](N)c1ccccc1N1CCOc2ccccc2C1. The average Bonchev–Trinajstić information content (AvgIpc) is 2.76. The van der Waals surface area contributed by atoms with Crippen LogP contribution in [0, 0.1) is 0 Å². The first-order valence-electron chi connectivity index (χ1n) is 7.59. The van der Waals surface area contributed by atoms with E-state index in [1.54, 1.807) is 0 Å². The van der Waals surface area contributed by atoms with Crippen molar-refractivity contribution in [1.82, 2.24) is 0 Å². The topological polar surface area (TPSA) is 38.5 Å². The Morgan fingerprint density at radius 1 is 1.14 bits per heavy atom. The summed E-state index contributed by atoms with van der Waals surface area (Å²) in [5, 5.41) is 0. The molecule has 0 bridgehead atoms. The lowest BCUT2D eigenvalue weighted by atomic mass is 10.0. The number of rotatable bonds is 3. The van der Waals surface area contributed by atoms with E-state index in [-0.39, 0.29) is 6.04 Å². The van der Waals surface area contributed by atoms with Gasteiger partial charge in [0.1, 0.15) is 12.4 Å². The zero-order valence-corrected chi connectivity index (χ0v) is 12.5. The highest BCUT2D eigenvalue weighted by molar-refractivity contribution is 5.56. The molecule has 2 N–H and O–H groups in total. The van der Waals surface area contributed by atoms with Gasteiger partial charge in [0.05, 0.1) is 6.54 Å². The summed E-state index contributed by atoms with van der Waals surface area (Å²) < 4.78 is 5.85. The Morgan fingerprint density at radius 2 is 1.90 bits per heavy atom. The molecule has 0 saturated carbocycles. The van der Waals surface area contributed by atoms with Gasteiger partial charge in [-0.3, -0.25) is 0 Å². The van der Waals surface area contributed by atoms with Crippen molar-refractivity contribution in [3.63, 3.8) is 0 Å². The lowest BCUT2D eigenvalue weighted by Gasteiger charge is -2.26. The van der Waals surface area contributed by atoms with E-state index in [1.807, 2.05) is 12.1 Å². The predicted molar refractivity (Wildman–Crippen MR) is 86.6 cm³/mol. The van der Waals surface area contributed by atoms with Crippen molar-refractivity contribution >= 4 is 5.69 Å². The number of nitrogens with zero attached hydrogens (tertiary/aromatic N) is 1. The van der Waals surface area contributed by atoms with Crippen molar-refractivity contribution in [2.24, 2.45) is 5.73 Å². The van der Waals surface area contributed by atoms with Crippen molar-refractivity contribution in [3.8, 4) is 5.75 Å². The highest BCUT2D eigenvalue weighted by atomic mass is 16.5. The second-order valence-electron chi connectivity index (χ2n) is 5.45. The fraction of sp³-hybridized carbons (Fsp3) is 0.333. The van der Waals surface area contributed by atoms with Crippen molar-refractivity contribution in [2.45, 2.75) is 25.9 Å². The van der Waals surface area contributed by atoms with Crippen molar-refractivity contribution < 1.29 is 4.74 Å². The first kappa shape index (κ1) is 14.0. The Hall–Kier alpha value is -2.00. The van der Waals surface area contributed by atoms with Gasteiger partial charge in [0.2, 0.25) is 0 Å². The van der Waals surface area contributed by atoms with E-state index in [0.29, 0.717) is 6.61 Å². The Kier molecular flexibility index (Phi) is 4.11. The maximum absolute atomic E-state index is 6.28. The summed E-state index contributed by atoms with van der Waals surface area (Å²) in [5.74, 6) is 0.997. The van der Waals surface area contributed by atoms with Gasteiger partial charge in [-0.1, -0.05) is 43.3 Å². The van der Waals surface area contributed by atoms with Gasteiger partial charge in [-0.05, 0) is 24.1 Å². The number of hydrogen-bond donors (Lipinski definition) is 1. The van der Waals surface area contributed by atoms with Crippen LogP contribution in [0.2, 0.25) is 0 Å². The van der Waals surface area contributed by atoms with Crippen molar-refractivity contribution in [1.29, 1.82) is 0 Å². The molecule has 0 fully saturated rings. The van der Waals surface area contributed by atoms with E-state index >= 15 is 0 Å². The van der Waals surface area contributed by atoms with Crippen molar-refractivity contribution in [3.05, 3.63) is 59.7 Å². The Bertz CT molecular complexity index is 612. The molecule has 3 nitrogen and oxygen atoms in total. The Labute approximate surface area is 126 Å². The molecule has 2 aromatic rings. The molecule has 0 unspecified atom stereocenters. The third-order valence-corrected chi connectivity index (χ3v) is 4.07. The standard InChI is InChI=1S/C18H22N2O/c1-2-16(19)15-8-4-5-9-17(15)20-11-12-21-18-10-6-3-7-14(18)13-20/h3-10,16H,2,11-13,19H2,1H3/t16-/m0/s1. The van der Waals surface area contributed by atoms with Crippen LogP contribution in [0.1, 0.15) is 30.5 Å². The number of anilines is 1. The van der Waals surface area contributed by atoms with E-state index in [2.05, 4.69) is 48.2 Å². The van der Waals surface area contributed by atoms with Crippen LogP contribution in [0.3, 0.4) is 0 Å². The van der Waals surface area contributed by atoms with Crippen LogP contribution in [0.5, 0.6) is 5.75 Å². The first-order chi connectivity index (χ1) is 10.3. The molecule has 0 aliphatic carbocycles. The maximum atomic E-state index is 6.28. The second kappa shape index (κ2) is 6.19. The largest absolute Gasteiger partial charge is 0.491 e. The summed E-state index contributed by atoms with van der Waals surface area (Å²) in [6, 6.07) is 16.8. The molecule has 0 spiro atoms. The van der Waals surface area contributed by atoms with Crippen LogP contribution in [-0.4, -0.2) is 13.2 Å². The minimum atomic E-state index is 0.0839. The van der Waals surface area contributed by atoms with Crippen LogP contribution in [0.4, 0.5) is 5.69 Å². The normalized spacial score (nSPS) is 15.8. The third-order valence-electron chi connectivity index (χ3n) is 4.07. The van der Waals surface area contributed by atoms with Crippen LogP contribution in [-0.2, 0) is 6.54 Å². The minimum Gasteiger partial charge on any atom is -0.491 e. The maximum Gasteiger partial charge on any atom is 0.124 e. The van der Waals surface area contributed by atoms with Gasteiger partial charge >= 0.3 is 0 Å². The zero-order valence-electron chi connectivity index (χ0n) is 12.5. The third kappa shape index (κ3) is 2.88. The van der Waals surface area contributed by atoms with Crippen molar-refractivity contribution in [2.75, 3.05) is 18.1 Å². The predicted octanol–water partition coefficient (Wildman–Crippen LogP) is 3.50. The van der Waals surface area contributed by atoms with Gasteiger partial charge in [0.25, 0.3) is 0 Å². The minimum absolute atomic E-state index is 0.0839. The van der Waals surface area contributed by atoms with Gasteiger partial charge in [-0.25, -0.2) is 0 Å². The van der Waals surface area contributed by atoms with Crippen LogP contribution in [0.25, 0.3) is 0 Å². The van der Waals surface area contributed by atoms with Gasteiger partial charge in [-0.2, -0.15) is 0 Å². The fourth-order valence-corrected chi connectivity index (χ4v) is 2.84. The fourth-order valence-electron chi connectivity index (χ4n) is 2.84. The average molecular weight is 282 g/mol. The molecule has 21 heavy (non-hydrogen) atoms. The molecule has 1 aliphatic heterocycles. The summed E-state index contributed by atoms with van der Waals surface area (Å²) in [6.07, 6.45) is 0.942. The molecular weight excluding hydrogens is 260 g/mol. The van der Waals surface area contributed by atoms with Gasteiger partial charge in [0, 0.05) is 23.8 Å². The first-order valence-corrected chi connectivity index (χ1v) is 7.59. The Balaban J connectivity index is 1.94. The molecule has 0 radical (unpaired) electrons. The lowest BCUT2D eigenvalue weighted by Crippen LogP contribution is -2.27. The highest BCUT2D eigenvalue weighted by Gasteiger charge is 2.19. The van der Waals surface area contributed by atoms with Crippen LogP contribution in [0.15, 0.2) is 48.5 Å². The number of hydrogen-bond acceptors (Lipinski definition) is 3. The molecule has 0 aromatic heterocycles. The van der Waals surface area contributed by atoms with E-state index in [9.17, 15) is 0 Å². The Morgan fingerprint density at radius 3 is 2.76 bits per heavy atom. The molecule has 110 valence electrons. The molecule has 1 heterocycles. The smallest absolute Gasteiger partial charge is 0.124 e. The van der Waals surface area contributed by atoms with Crippen LogP contribution >= 0.6 is 0 Å². The summed E-state index contributed by atoms with van der Waals surface area (Å²) in [7, 11) is 0. The molecule has 1 atom stereocenters. The van der Waals surface area contributed by atoms with E-state index < -0.39 is 0 Å². The number of nitrogens with two attached hydrogens (primary N) is 1. The molecule has 2 aromatic carbocycles. The molecule has 1 aliphatic rings. The quantitative estimate of drug-likeness (QED) is 0.936. The van der Waals surface area contributed by atoms with Crippen LogP contribution < -0.4 is 15.4 Å². The second-order valence-corrected chi connectivity index (χ2v) is 5.45.